The second-order valence-electron chi connectivity index (χ2n) is 6.55. The maximum absolute atomic E-state index is 13.1. The minimum atomic E-state index is -3.69. The van der Waals surface area contributed by atoms with Gasteiger partial charge in [-0.25, -0.2) is 22.0 Å². The van der Waals surface area contributed by atoms with E-state index in [2.05, 4.69) is 20.0 Å². The first-order valence-electron chi connectivity index (χ1n) is 8.80. The molecule has 3 aromatic heterocycles. The Hall–Kier alpha value is -2.63. The molecule has 1 aromatic carbocycles. The molecule has 11 heteroatoms. The Morgan fingerprint density at radius 3 is 2.55 bits per heavy atom. The van der Waals surface area contributed by atoms with E-state index in [0.29, 0.717) is 22.9 Å². The Labute approximate surface area is 170 Å². The summed E-state index contributed by atoms with van der Waals surface area (Å²) in [5, 5.41) is 8.18. The molecule has 0 unspecified atom stereocenters. The van der Waals surface area contributed by atoms with E-state index in [-0.39, 0.29) is 23.0 Å². The van der Waals surface area contributed by atoms with Gasteiger partial charge < -0.3 is 4.52 Å². The lowest BCUT2D eigenvalue weighted by Crippen LogP contribution is -2.26. The van der Waals surface area contributed by atoms with Crippen molar-refractivity contribution in [3.63, 3.8) is 0 Å². The van der Waals surface area contributed by atoms with Gasteiger partial charge >= 0.3 is 0 Å². The van der Waals surface area contributed by atoms with Crippen molar-refractivity contribution in [1.29, 1.82) is 0 Å². The molecule has 0 atom stereocenters. The highest BCUT2D eigenvalue weighted by Gasteiger charge is 2.24. The maximum atomic E-state index is 13.1. The molecule has 0 amide bonds. The van der Waals surface area contributed by atoms with Gasteiger partial charge in [0.05, 0.1) is 5.69 Å². The van der Waals surface area contributed by atoms with Crippen LogP contribution in [0.15, 0.2) is 33.7 Å². The molecule has 0 saturated heterocycles. The molecule has 8 nitrogen and oxygen atoms in total. The smallest absolute Gasteiger partial charge is 0.245 e. The van der Waals surface area contributed by atoms with Gasteiger partial charge in [-0.05, 0) is 51.5 Å². The number of hydrogen-bond acceptors (Lipinski definition) is 7. The first-order valence-corrected chi connectivity index (χ1v) is 11.1. The van der Waals surface area contributed by atoms with Crippen LogP contribution in [-0.2, 0) is 16.4 Å². The van der Waals surface area contributed by atoms with Crippen molar-refractivity contribution < 1.29 is 17.3 Å². The van der Waals surface area contributed by atoms with Crippen LogP contribution in [0.5, 0.6) is 0 Å². The minimum Gasteiger partial charge on any atom is -0.360 e. The molecule has 0 aliphatic carbocycles. The number of rotatable bonds is 6. The van der Waals surface area contributed by atoms with Crippen LogP contribution in [0.2, 0.25) is 0 Å². The quantitative estimate of drug-likeness (QED) is 0.499. The van der Waals surface area contributed by atoms with Gasteiger partial charge in [0.15, 0.2) is 11.6 Å². The predicted molar refractivity (Wildman–Crippen MR) is 106 cm³/mol. The highest BCUT2D eigenvalue weighted by atomic mass is 32.2. The molecule has 0 aliphatic rings. The highest BCUT2D eigenvalue weighted by molar-refractivity contribution is 7.89. The standard InChI is InChI=1S/C18H18FN5O3S2/c1-10-16(12(3)27-23-10)29(25,26)20-9-8-15-11(2)24-18(28-15)21-17(22-24)13-4-6-14(19)7-5-13/h4-7,20H,8-9H2,1-3H3. The van der Waals surface area contributed by atoms with E-state index < -0.39 is 10.0 Å². The second kappa shape index (κ2) is 7.32. The monoisotopic (exact) mass is 435 g/mol. The Balaban J connectivity index is 1.50. The number of aryl methyl sites for hydroxylation is 3. The van der Waals surface area contributed by atoms with Gasteiger partial charge in [0.25, 0.3) is 0 Å². The van der Waals surface area contributed by atoms with E-state index >= 15 is 0 Å². The molecule has 0 bridgehead atoms. The third kappa shape index (κ3) is 3.68. The molecule has 0 aliphatic heterocycles. The minimum absolute atomic E-state index is 0.0841. The van der Waals surface area contributed by atoms with E-state index in [9.17, 15) is 12.8 Å². The Kier molecular flexibility index (Phi) is 4.97. The summed E-state index contributed by atoms with van der Waals surface area (Å²) in [7, 11) is -3.69. The van der Waals surface area contributed by atoms with Crippen LogP contribution in [0, 0.1) is 26.6 Å². The van der Waals surface area contributed by atoms with Crippen molar-refractivity contribution >= 4 is 26.3 Å². The summed E-state index contributed by atoms with van der Waals surface area (Å²) in [6, 6.07) is 6.00. The summed E-state index contributed by atoms with van der Waals surface area (Å²) in [5.74, 6) is 0.468. The van der Waals surface area contributed by atoms with Crippen molar-refractivity contribution in [2.75, 3.05) is 6.54 Å². The van der Waals surface area contributed by atoms with Crippen LogP contribution >= 0.6 is 11.3 Å². The van der Waals surface area contributed by atoms with Gasteiger partial charge in [0.1, 0.15) is 16.4 Å². The van der Waals surface area contributed by atoms with E-state index in [1.807, 2.05) is 6.92 Å². The van der Waals surface area contributed by atoms with E-state index in [1.165, 1.54) is 23.5 Å². The van der Waals surface area contributed by atoms with E-state index in [0.717, 1.165) is 16.1 Å². The number of fused-ring (bicyclic) bond motifs is 1. The van der Waals surface area contributed by atoms with Gasteiger partial charge in [-0.1, -0.05) is 16.5 Å². The number of halogens is 1. The Morgan fingerprint density at radius 1 is 1.21 bits per heavy atom. The largest absolute Gasteiger partial charge is 0.360 e. The summed E-state index contributed by atoms with van der Waals surface area (Å²) < 4.78 is 47.3. The molecule has 1 N–H and O–H groups in total. The number of sulfonamides is 1. The number of thiazole rings is 1. The molecule has 4 rings (SSSR count). The topological polar surface area (TPSA) is 102 Å². The van der Waals surface area contributed by atoms with Crippen LogP contribution in [0.3, 0.4) is 0 Å². The number of aromatic nitrogens is 4. The molecule has 3 heterocycles. The second-order valence-corrected chi connectivity index (χ2v) is 9.31. The molecule has 0 saturated carbocycles. The van der Waals surface area contributed by atoms with Crippen LogP contribution < -0.4 is 4.72 Å². The van der Waals surface area contributed by atoms with Crippen LogP contribution in [-0.4, -0.2) is 34.7 Å². The average Bonchev–Trinajstić information content (AvgIpc) is 3.31. The fraction of sp³-hybridized carbons (Fsp3) is 0.278. The molecule has 0 spiro atoms. The fourth-order valence-corrected chi connectivity index (χ4v) is 5.48. The third-order valence-corrected chi connectivity index (χ3v) is 7.39. The van der Waals surface area contributed by atoms with E-state index in [1.54, 1.807) is 30.5 Å². The molecule has 4 aromatic rings. The van der Waals surface area contributed by atoms with Gasteiger partial charge in [0, 0.05) is 17.0 Å². The van der Waals surface area contributed by atoms with Gasteiger partial charge in [0.2, 0.25) is 15.0 Å². The Morgan fingerprint density at radius 2 is 1.93 bits per heavy atom. The van der Waals surface area contributed by atoms with Crippen LogP contribution in [0.4, 0.5) is 4.39 Å². The zero-order chi connectivity index (χ0) is 20.8. The van der Waals surface area contributed by atoms with E-state index in [4.69, 9.17) is 4.52 Å². The van der Waals surface area contributed by atoms with Crippen molar-refractivity contribution in [2.45, 2.75) is 32.1 Å². The zero-order valence-electron chi connectivity index (χ0n) is 15.9. The number of nitrogens with zero attached hydrogens (tertiary/aromatic N) is 4. The summed E-state index contributed by atoms with van der Waals surface area (Å²) in [6.07, 6.45) is 0.496. The lowest BCUT2D eigenvalue weighted by molar-refractivity contribution is 0.390. The molecule has 0 fully saturated rings. The maximum Gasteiger partial charge on any atom is 0.245 e. The number of benzene rings is 1. The predicted octanol–water partition coefficient (Wildman–Crippen LogP) is 3.03. The summed E-state index contributed by atoms with van der Waals surface area (Å²) in [4.78, 5) is 6.27. The summed E-state index contributed by atoms with van der Waals surface area (Å²) in [5.41, 5.74) is 1.95. The van der Waals surface area contributed by atoms with Gasteiger partial charge in [-0.2, -0.15) is 4.98 Å². The molecular formula is C18H18FN5O3S2. The zero-order valence-corrected chi connectivity index (χ0v) is 17.6. The number of hydrogen-bond donors (Lipinski definition) is 1. The van der Waals surface area contributed by atoms with Crippen molar-refractivity contribution in [3.8, 4) is 11.4 Å². The summed E-state index contributed by atoms with van der Waals surface area (Å²) in [6.45, 7) is 5.29. The SMILES string of the molecule is Cc1noc(C)c1S(=O)(=O)NCCc1sc2nc(-c3ccc(F)cc3)nn2c1C. The lowest BCUT2D eigenvalue weighted by atomic mass is 10.2. The first-order chi connectivity index (χ1) is 13.8. The third-order valence-electron chi connectivity index (χ3n) is 4.50. The Bertz CT molecular complexity index is 1270. The van der Waals surface area contributed by atoms with Crippen molar-refractivity contribution in [2.24, 2.45) is 0 Å². The number of nitrogens with one attached hydrogen (secondary N) is 1. The van der Waals surface area contributed by atoms with Crippen LogP contribution in [0.25, 0.3) is 16.3 Å². The van der Waals surface area contributed by atoms with Crippen molar-refractivity contribution in [1.82, 2.24) is 24.5 Å². The summed E-state index contributed by atoms with van der Waals surface area (Å²) >= 11 is 1.45. The lowest BCUT2D eigenvalue weighted by Gasteiger charge is -2.05. The fourth-order valence-electron chi connectivity index (χ4n) is 3.07. The molecule has 29 heavy (non-hydrogen) atoms. The molecule has 0 radical (unpaired) electrons. The van der Waals surface area contributed by atoms with Crippen LogP contribution in [0.1, 0.15) is 22.0 Å². The molecule has 152 valence electrons. The highest BCUT2D eigenvalue weighted by Crippen LogP contribution is 2.25. The molecular weight excluding hydrogens is 417 g/mol. The van der Waals surface area contributed by atoms with Gasteiger partial charge in [-0.15, -0.1) is 5.10 Å². The average molecular weight is 436 g/mol. The van der Waals surface area contributed by atoms with Crippen molar-refractivity contribution in [3.05, 3.63) is 52.1 Å². The normalized spacial score (nSPS) is 12.1. The van der Waals surface area contributed by atoms with Gasteiger partial charge in [-0.3, -0.25) is 0 Å². The first kappa shape index (κ1) is 19.7.